The number of anilines is 1. The van der Waals surface area contributed by atoms with Crippen LogP contribution in [0.25, 0.3) is 16.7 Å². The number of halogens is 1. The van der Waals surface area contributed by atoms with Crippen molar-refractivity contribution in [3.8, 4) is 5.69 Å². The highest BCUT2D eigenvalue weighted by molar-refractivity contribution is 6.31. The molecule has 6 heteroatoms. The predicted molar refractivity (Wildman–Crippen MR) is 85.9 cm³/mol. The van der Waals surface area contributed by atoms with E-state index in [9.17, 15) is 0 Å². The molecule has 0 saturated carbocycles. The molecule has 3 rings (SSSR count). The average Bonchev–Trinajstić information content (AvgIpc) is 2.95. The van der Waals surface area contributed by atoms with Gasteiger partial charge in [-0.25, -0.2) is 4.68 Å². The lowest BCUT2D eigenvalue weighted by atomic mass is 10.1. The van der Waals surface area contributed by atoms with E-state index in [1.807, 2.05) is 25.1 Å². The fourth-order valence-corrected chi connectivity index (χ4v) is 2.60. The summed E-state index contributed by atoms with van der Waals surface area (Å²) >= 11 is 6.22. The van der Waals surface area contributed by atoms with Gasteiger partial charge >= 0.3 is 0 Å². The highest BCUT2D eigenvalue weighted by Crippen LogP contribution is 2.28. The Hall–Kier alpha value is -2.01. The van der Waals surface area contributed by atoms with Crippen LogP contribution in [-0.2, 0) is 6.42 Å². The highest BCUT2D eigenvalue weighted by Gasteiger charge is 2.18. The molecule has 3 aromatic rings. The fraction of sp³-hybridized carbons (Fsp3) is 0.333. The van der Waals surface area contributed by atoms with Crippen molar-refractivity contribution >= 4 is 28.5 Å². The third-order valence-corrected chi connectivity index (χ3v) is 3.89. The van der Waals surface area contributed by atoms with E-state index in [-0.39, 0.29) is 0 Å². The molecule has 0 saturated heterocycles. The molecule has 2 heterocycles. The molecular weight excluding hydrogens is 286 g/mol. The van der Waals surface area contributed by atoms with E-state index >= 15 is 0 Å². The van der Waals surface area contributed by atoms with Crippen molar-refractivity contribution in [1.29, 1.82) is 0 Å². The fourth-order valence-electron chi connectivity index (χ4n) is 2.42. The summed E-state index contributed by atoms with van der Waals surface area (Å²) in [6, 6.07) is 5.86. The largest absolute Gasteiger partial charge is 0.383 e. The molecule has 0 fully saturated rings. The molecule has 0 aliphatic heterocycles. The van der Waals surface area contributed by atoms with E-state index in [1.54, 1.807) is 4.68 Å². The van der Waals surface area contributed by atoms with Crippen molar-refractivity contribution < 1.29 is 0 Å². The molecule has 0 bridgehead atoms. The lowest BCUT2D eigenvalue weighted by Gasteiger charge is -2.05. The third-order valence-electron chi connectivity index (χ3n) is 3.49. The predicted octanol–water partition coefficient (Wildman–Crippen LogP) is 3.49. The van der Waals surface area contributed by atoms with Crippen molar-refractivity contribution in [3.63, 3.8) is 0 Å². The van der Waals surface area contributed by atoms with Gasteiger partial charge in [0.15, 0.2) is 5.65 Å². The zero-order chi connectivity index (χ0) is 15.1. The quantitative estimate of drug-likeness (QED) is 0.778. The van der Waals surface area contributed by atoms with E-state index in [4.69, 9.17) is 17.3 Å². The van der Waals surface area contributed by atoms with Crippen molar-refractivity contribution in [1.82, 2.24) is 20.0 Å². The van der Waals surface area contributed by atoms with E-state index in [0.717, 1.165) is 34.4 Å². The third kappa shape index (κ3) is 2.38. The molecule has 0 aliphatic rings. The zero-order valence-electron chi connectivity index (χ0n) is 12.3. The maximum atomic E-state index is 6.22. The van der Waals surface area contributed by atoms with Crippen LogP contribution in [0.15, 0.2) is 18.2 Å². The van der Waals surface area contributed by atoms with Crippen molar-refractivity contribution in [2.45, 2.75) is 27.2 Å². The Kier molecular flexibility index (Phi) is 3.37. The Morgan fingerprint density at radius 3 is 2.81 bits per heavy atom. The topological polar surface area (TPSA) is 72.5 Å². The number of rotatable bonds is 3. The Labute approximate surface area is 128 Å². The van der Waals surface area contributed by atoms with Gasteiger partial charge in [0.25, 0.3) is 0 Å². The number of nitrogens with two attached hydrogens (primary N) is 1. The number of nitrogens with zero attached hydrogens (tertiary/aromatic N) is 3. The van der Waals surface area contributed by atoms with Gasteiger partial charge in [-0.2, -0.15) is 10.2 Å². The van der Waals surface area contributed by atoms with Crippen LogP contribution in [-0.4, -0.2) is 20.0 Å². The van der Waals surface area contributed by atoms with Gasteiger partial charge in [0.1, 0.15) is 5.82 Å². The minimum absolute atomic E-state index is 0.493. The van der Waals surface area contributed by atoms with Crippen molar-refractivity contribution in [2.24, 2.45) is 5.92 Å². The SMILES string of the molecule is Cc1ccc(-n2nc(CC(C)C)c3c(N)[nH]nc32)cc1Cl. The maximum Gasteiger partial charge on any atom is 0.186 e. The summed E-state index contributed by atoms with van der Waals surface area (Å²) in [7, 11) is 0. The van der Waals surface area contributed by atoms with Gasteiger partial charge in [-0.15, -0.1) is 0 Å². The molecule has 5 nitrogen and oxygen atoms in total. The Morgan fingerprint density at radius 1 is 1.38 bits per heavy atom. The first-order chi connectivity index (χ1) is 9.97. The Morgan fingerprint density at radius 2 is 2.14 bits per heavy atom. The minimum atomic E-state index is 0.493. The molecule has 110 valence electrons. The molecule has 1 aromatic carbocycles. The maximum absolute atomic E-state index is 6.22. The van der Waals surface area contributed by atoms with Gasteiger partial charge in [0.05, 0.1) is 16.8 Å². The summed E-state index contributed by atoms with van der Waals surface area (Å²) in [5.41, 5.74) is 9.62. The molecule has 0 aliphatic carbocycles. The Bertz CT molecular complexity index is 800. The van der Waals surface area contributed by atoms with Crippen LogP contribution < -0.4 is 5.73 Å². The summed E-state index contributed by atoms with van der Waals surface area (Å²) in [6.07, 6.45) is 0.854. The summed E-state index contributed by atoms with van der Waals surface area (Å²) in [5.74, 6) is 1.05. The molecule has 21 heavy (non-hydrogen) atoms. The summed E-state index contributed by atoms with van der Waals surface area (Å²) in [6.45, 7) is 6.29. The van der Waals surface area contributed by atoms with Crippen molar-refractivity contribution in [3.05, 3.63) is 34.5 Å². The van der Waals surface area contributed by atoms with Crippen LogP contribution in [0.4, 0.5) is 5.82 Å². The van der Waals surface area contributed by atoms with Gasteiger partial charge in [-0.3, -0.25) is 5.10 Å². The number of hydrogen-bond acceptors (Lipinski definition) is 3. The van der Waals surface area contributed by atoms with Gasteiger partial charge in [-0.05, 0) is 37.0 Å². The standard InChI is InChI=1S/C15H18ClN5/c1-8(2)6-12-13-14(17)18-19-15(13)21(20-12)10-5-4-9(3)11(16)7-10/h4-5,7-8H,6H2,1-3H3,(H3,17,18,19). The second kappa shape index (κ2) is 5.07. The van der Waals surface area contributed by atoms with E-state index in [1.165, 1.54) is 0 Å². The van der Waals surface area contributed by atoms with E-state index in [2.05, 4.69) is 29.1 Å². The van der Waals surface area contributed by atoms with E-state index in [0.29, 0.717) is 16.8 Å². The lowest BCUT2D eigenvalue weighted by molar-refractivity contribution is 0.630. The number of aromatic nitrogens is 4. The van der Waals surface area contributed by atoms with E-state index < -0.39 is 0 Å². The highest BCUT2D eigenvalue weighted by atomic mass is 35.5. The van der Waals surface area contributed by atoms with Crippen LogP contribution in [0.2, 0.25) is 5.02 Å². The summed E-state index contributed by atoms with van der Waals surface area (Å²) in [4.78, 5) is 0. The lowest BCUT2D eigenvalue weighted by Crippen LogP contribution is -2.01. The van der Waals surface area contributed by atoms with Gasteiger partial charge in [0.2, 0.25) is 0 Å². The number of aryl methyl sites for hydroxylation is 1. The summed E-state index contributed by atoms with van der Waals surface area (Å²) in [5, 5.41) is 13.4. The first kappa shape index (κ1) is 13.9. The number of benzene rings is 1. The molecule has 0 spiro atoms. The van der Waals surface area contributed by atoms with Gasteiger partial charge in [0, 0.05) is 5.02 Å². The second-order valence-electron chi connectivity index (χ2n) is 5.73. The molecule has 0 amide bonds. The average molecular weight is 304 g/mol. The zero-order valence-corrected chi connectivity index (χ0v) is 13.1. The number of fused-ring (bicyclic) bond motifs is 1. The normalized spacial score (nSPS) is 11.7. The van der Waals surface area contributed by atoms with Crippen LogP contribution in [0.3, 0.4) is 0 Å². The number of nitrogens with one attached hydrogen (secondary N) is 1. The minimum Gasteiger partial charge on any atom is -0.383 e. The molecule has 0 atom stereocenters. The van der Waals surface area contributed by atoms with Gasteiger partial charge < -0.3 is 5.73 Å². The Balaban J connectivity index is 2.20. The monoisotopic (exact) mass is 303 g/mol. The molecule has 3 N–H and O–H groups in total. The first-order valence-corrected chi connectivity index (χ1v) is 7.33. The first-order valence-electron chi connectivity index (χ1n) is 6.95. The molecular formula is C15H18ClN5. The van der Waals surface area contributed by atoms with Crippen molar-refractivity contribution in [2.75, 3.05) is 5.73 Å². The van der Waals surface area contributed by atoms with Crippen LogP contribution in [0, 0.1) is 12.8 Å². The number of hydrogen-bond donors (Lipinski definition) is 2. The number of H-pyrrole nitrogens is 1. The van der Waals surface area contributed by atoms with Gasteiger partial charge in [-0.1, -0.05) is 31.5 Å². The second-order valence-corrected chi connectivity index (χ2v) is 6.13. The van der Waals surface area contributed by atoms with Crippen LogP contribution in [0.5, 0.6) is 0 Å². The molecule has 0 radical (unpaired) electrons. The van der Waals surface area contributed by atoms with Crippen LogP contribution in [0.1, 0.15) is 25.1 Å². The van der Waals surface area contributed by atoms with Crippen LogP contribution >= 0.6 is 11.6 Å². The number of aromatic amines is 1. The molecule has 2 aromatic heterocycles. The number of nitrogen functional groups attached to an aromatic ring is 1. The molecule has 0 unspecified atom stereocenters. The smallest absolute Gasteiger partial charge is 0.186 e. The summed E-state index contributed by atoms with van der Waals surface area (Å²) < 4.78 is 1.80.